The first-order valence-corrected chi connectivity index (χ1v) is 7.94. The summed E-state index contributed by atoms with van der Waals surface area (Å²) in [5.41, 5.74) is 3.95. The van der Waals surface area contributed by atoms with Crippen LogP contribution in [0.1, 0.15) is 30.9 Å². The third-order valence-corrected chi connectivity index (χ3v) is 4.07. The van der Waals surface area contributed by atoms with E-state index in [-0.39, 0.29) is 11.8 Å². The molecule has 4 heteroatoms. The number of fused-ring (bicyclic) bond motifs is 1. The smallest absolute Gasteiger partial charge is 0.227 e. The molecule has 2 amide bonds. The zero-order valence-electron chi connectivity index (χ0n) is 13.2. The van der Waals surface area contributed by atoms with Gasteiger partial charge in [-0.05, 0) is 35.7 Å². The summed E-state index contributed by atoms with van der Waals surface area (Å²) in [5, 5.41) is 2.88. The maximum atomic E-state index is 12.3. The van der Waals surface area contributed by atoms with Crippen molar-refractivity contribution in [2.24, 2.45) is 0 Å². The first-order chi connectivity index (χ1) is 11.2. The molecule has 0 aromatic heterocycles. The van der Waals surface area contributed by atoms with Crippen molar-refractivity contribution in [3.63, 3.8) is 0 Å². The van der Waals surface area contributed by atoms with Crippen LogP contribution in [0.3, 0.4) is 0 Å². The number of aryl methyl sites for hydroxylation is 1. The number of anilines is 2. The van der Waals surface area contributed by atoms with Gasteiger partial charge in [-0.15, -0.1) is 0 Å². The molecule has 118 valence electrons. The molecule has 4 nitrogen and oxygen atoms in total. The maximum absolute atomic E-state index is 12.3. The normalized spacial score (nSPS) is 13.6. The Morgan fingerprint density at radius 1 is 1.13 bits per heavy atom. The first-order valence-electron chi connectivity index (χ1n) is 7.94. The Bertz CT molecular complexity index is 725. The summed E-state index contributed by atoms with van der Waals surface area (Å²) >= 11 is 0. The van der Waals surface area contributed by atoms with Crippen molar-refractivity contribution in [3.05, 3.63) is 59.7 Å². The predicted octanol–water partition coefficient (Wildman–Crippen LogP) is 3.51. The Balaban J connectivity index is 1.86. The van der Waals surface area contributed by atoms with E-state index in [1.807, 2.05) is 60.4 Å². The van der Waals surface area contributed by atoms with Crippen LogP contribution in [-0.4, -0.2) is 11.8 Å². The second kappa shape index (κ2) is 6.65. The van der Waals surface area contributed by atoms with Gasteiger partial charge in [0.2, 0.25) is 11.8 Å². The van der Waals surface area contributed by atoms with Crippen LogP contribution in [0.4, 0.5) is 11.4 Å². The third-order valence-electron chi connectivity index (χ3n) is 4.07. The summed E-state index contributed by atoms with van der Waals surface area (Å²) in [6.45, 7) is 2.40. The number of hydrogen-bond acceptors (Lipinski definition) is 2. The van der Waals surface area contributed by atoms with Crippen LogP contribution in [0.15, 0.2) is 48.5 Å². The first kappa shape index (κ1) is 15.3. The molecule has 0 aliphatic carbocycles. The van der Waals surface area contributed by atoms with Crippen molar-refractivity contribution in [1.82, 2.24) is 0 Å². The molecule has 1 aliphatic heterocycles. The summed E-state index contributed by atoms with van der Waals surface area (Å²) in [7, 11) is 0. The van der Waals surface area contributed by atoms with Gasteiger partial charge < -0.3 is 10.2 Å². The number of rotatable bonds is 4. The van der Waals surface area contributed by atoms with Gasteiger partial charge in [-0.25, -0.2) is 0 Å². The number of amides is 2. The number of hydrogen-bond donors (Lipinski definition) is 1. The van der Waals surface area contributed by atoms with Crippen molar-refractivity contribution in [1.29, 1.82) is 0 Å². The number of nitrogens with zero attached hydrogens (tertiary/aromatic N) is 1. The highest BCUT2D eigenvalue weighted by Gasteiger charge is 2.24. The molecule has 2 aromatic carbocycles. The van der Waals surface area contributed by atoms with Gasteiger partial charge in [-0.3, -0.25) is 9.59 Å². The van der Waals surface area contributed by atoms with Crippen LogP contribution in [0.25, 0.3) is 0 Å². The van der Waals surface area contributed by atoms with E-state index >= 15 is 0 Å². The lowest BCUT2D eigenvalue weighted by Crippen LogP contribution is -2.34. The minimum absolute atomic E-state index is 0.00187. The van der Waals surface area contributed by atoms with E-state index < -0.39 is 0 Å². The largest absolute Gasteiger partial charge is 0.326 e. The fourth-order valence-electron chi connectivity index (χ4n) is 2.83. The summed E-state index contributed by atoms with van der Waals surface area (Å²) in [6.07, 6.45) is 1.68. The molecular formula is C19H20N2O2. The van der Waals surface area contributed by atoms with Gasteiger partial charge in [0.05, 0.1) is 6.54 Å². The van der Waals surface area contributed by atoms with Gasteiger partial charge in [0, 0.05) is 24.2 Å². The van der Waals surface area contributed by atoms with E-state index in [9.17, 15) is 9.59 Å². The molecule has 0 spiro atoms. The van der Waals surface area contributed by atoms with Gasteiger partial charge in [0.25, 0.3) is 0 Å². The Hall–Kier alpha value is -2.62. The summed E-state index contributed by atoms with van der Waals surface area (Å²) < 4.78 is 0. The lowest BCUT2D eigenvalue weighted by molar-refractivity contribution is -0.119. The van der Waals surface area contributed by atoms with Crippen LogP contribution in [0.5, 0.6) is 0 Å². The Labute approximate surface area is 136 Å². The van der Waals surface area contributed by atoms with Crippen LogP contribution >= 0.6 is 0 Å². The standard InChI is InChI=1S/C19H20N2O2/c1-2-18(22)20-16-9-10-17-15(12-16)8-11-19(23)21(17)13-14-6-4-3-5-7-14/h3-7,9-10,12H,2,8,11,13H2,1H3,(H,20,22). The molecule has 0 bridgehead atoms. The lowest BCUT2D eigenvalue weighted by Gasteiger charge is -2.30. The summed E-state index contributed by atoms with van der Waals surface area (Å²) in [4.78, 5) is 25.7. The van der Waals surface area contributed by atoms with Crippen LogP contribution in [0, 0.1) is 0 Å². The Morgan fingerprint density at radius 2 is 1.91 bits per heavy atom. The van der Waals surface area contributed by atoms with E-state index in [0.717, 1.165) is 28.9 Å². The highest BCUT2D eigenvalue weighted by Crippen LogP contribution is 2.31. The second-order valence-electron chi connectivity index (χ2n) is 5.71. The van der Waals surface area contributed by atoms with Crippen molar-refractivity contribution in [3.8, 4) is 0 Å². The van der Waals surface area contributed by atoms with E-state index in [2.05, 4.69) is 5.32 Å². The molecule has 0 unspecified atom stereocenters. The number of carbonyl (C=O) groups is 2. The maximum Gasteiger partial charge on any atom is 0.227 e. The Kier molecular flexibility index (Phi) is 4.42. The van der Waals surface area contributed by atoms with Crippen molar-refractivity contribution < 1.29 is 9.59 Å². The van der Waals surface area contributed by atoms with E-state index in [1.54, 1.807) is 0 Å². The van der Waals surface area contributed by atoms with Crippen LogP contribution in [-0.2, 0) is 22.6 Å². The molecule has 1 aliphatic rings. The average Bonchev–Trinajstić information content (AvgIpc) is 2.58. The monoisotopic (exact) mass is 308 g/mol. The van der Waals surface area contributed by atoms with Gasteiger partial charge in [0.15, 0.2) is 0 Å². The van der Waals surface area contributed by atoms with E-state index in [1.165, 1.54) is 0 Å². The van der Waals surface area contributed by atoms with Crippen molar-refractivity contribution >= 4 is 23.2 Å². The molecule has 2 aromatic rings. The quantitative estimate of drug-likeness (QED) is 0.939. The highest BCUT2D eigenvalue weighted by molar-refractivity contribution is 5.97. The molecule has 1 heterocycles. The average molecular weight is 308 g/mol. The SMILES string of the molecule is CCC(=O)Nc1ccc2c(c1)CCC(=O)N2Cc1ccccc1. The van der Waals surface area contributed by atoms with E-state index in [0.29, 0.717) is 19.4 Å². The molecule has 0 radical (unpaired) electrons. The van der Waals surface area contributed by atoms with E-state index in [4.69, 9.17) is 0 Å². The molecule has 0 atom stereocenters. The minimum atomic E-state index is -0.00187. The Morgan fingerprint density at radius 3 is 2.65 bits per heavy atom. The van der Waals surface area contributed by atoms with Crippen molar-refractivity contribution in [2.45, 2.75) is 32.7 Å². The minimum Gasteiger partial charge on any atom is -0.326 e. The van der Waals surface area contributed by atoms with Gasteiger partial charge in [-0.2, -0.15) is 0 Å². The van der Waals surface area contributed by atoms with Crippen LogP contribution < -0.4 is 10.2 Å². The number of carbonyl (C=O) groups excluding carboxylic acids is 2. The zero-order valence-corrected chi connectivity index (χ0v) is 13.2. The molecule has 1 N–H and O–H groups in total. The molecular weight excluding hydrogens is 288 g/mol. The second-order valence-corrected chi connectivity index (χ2v) is 5.71. The summed E-state index contributed by atoms with van der Waals surface area (Å²) in [6, 6.07) is 15.8. The van der Waals surface area contributed by atoms with Crippen molar-refractivity contribution in [2.75, 3.05) is 10.2 Å². The predicted molar refractivity (Wildman–Crippen MR) is 91.3 cm³/mol. The highest BCUT2D eigenvalue weighted by atomic mass is 16.2. The summed E-state index contributed by atoms with van der Waals surface area (Å²) in [5.74, 6) is 0.143. The number of nitrogens with one attached hydrogen (secondary N) is 1. The molecule has 3 rings (SSSR count). The topological polar surface area (TPSA) is 49.4 Å². The zero-order chi connectivity index (χ0) is 16.2. The molecule has 0 fully saturated rings. The van der Waals surface area contributed by atoms with Gasteiger partial charge in [0.1, 0.15) is 0 Å². The third kappa shape index (κ3) is 3.42. The molecule has 23 heavy (non-hydrogen) atoms. The fraction of sp³-hybridized carbons (Fsp3) is 0.263. The van der Waals surface area contributed by atoms with Crippen LogP contribution in [0.2, 0.25) is 0 Å². The number of benzene rings is 2. The molecule has 0 saturated heterocycles. The van der Waals surface area contributed by atoms with Gasteiger partial charge >= 0.3 is 0 Å². The molecule has 0 saturated carbocycles. The van der Waals surface area contributed by atoms with Gasteiger partial charge in [-0.1, -0.05) is 37.3 Å². The fourth-order valence-corrected chi connectivity index (χ4v) is 2.83. The lowest BCUT2D eigenvalue weighted by atomic mass is 9.99.